The van der Waals surface area contributed by atoms with Gasteiger partial charge in [-0.25, -0.2) is 0 Å². The Hall–Kier alpha value is -3.22. The van der Waals surface area contributed by atoms with Gasteiger partial charge in [0.15, 0.2) is 0 Å². The molecule has 0 aromatic rings. The number of nitrogens with one attached hydrogen (secondary N) is 4. The third-order valence-corrected chi connectivity index (χ3v) is 2.82. The molecule has 0 aromatic heterocycles. The number of amides is 5. The first-order chi connectivity index (χ1) is 12.1. The van der Waals surface area contributed by atoms with E-state index in [0.717, 1.165) is 0 Å². The van der Waals surface area contributed by atoms with Gasteiger partial charge in [0.05, 0.1) is 19.6 Å². The number of carboxylic acid groups (broad SMARTS) is 1. The van der Waals surface area contributed by atoms with Gasteiger partial charge in [-0.3, -0.25) is 28.8 Å². The fourth-order valence-electron chi connectivity index (χ4n) is 1.58. The number of carbonyl (C=O) groups excluding carboxylic acids is 5. The number of hydrogen-bond donors (Lipinski definition) is 7. The zero-order valence-electron chi connectivity index (χ0n) is 13.9. The summed E-state index contributed by atoms with van der Waals surface area (Å²) < 4.78 is 0. The van der Waals surface area contributed by atoms with E-state index in [0.29, 0.717) is 0 Å². The highest BCUT2D eigenvalue weighted by Crippen LogP contribution is 1.97. The zero-order chi connectivity index (χ0) is 20.1. The zero-order valence-corrected chi connectivity index (χ0v) is 13.9. The van der Waals surface area contributed by atoms with E-state index in [4.69, 9.17) is 16.6 Å². The van der Waals surface area contributed by atoms with Crippen molar-refractivity contribution in [3.8, 4) is 0 Å². The third kappa shape index (κ3) is 11.3. The van der Waals surface area contributed by atoms with Crippen LogP contribution < -0.4 is 32.7 Å². The van der Waals surface area contributed by atoms with Gasteiger partial charge >= 0.3 is 5.97 Å². The van der Waals surface area contributed by atoms with E-state index in [-0.39, 0.29) is 19.4 Å². The lowest BCUT2D eigenvalue weighted by Crippen LogP contribution is -2.51. The van der Waals surface area contributed by atoms with Gasteiger partial charge in [-0.05, 0) is 6.42 Å². The molecule has 0 aromatic carbocycles. The van der Waals surface area contributed by atoms with Crippen LogP contribution in [0.4, 0.5) is 0 Å². The molecule has 26 heavy (non-hydrogen) atoms. The largest absolute Gasteiger partial charge is 0.480 e. The summed E-state index contributed by atoms with van der Waals surface area (Å²) in [5.74, 6) is -4.72. The molecule has 0 unspecified atom stereocenters. The summed E-state index contributed by atoms with van der Waals surface area (Å²) in [4.78, 5) is 67.1. The number of aliphatic carboxylic acids is 1. The van der Waals surface area contributed by atoms with Crippen LogP contribution in [-0.2, 0) is 28.8 Å². The summed E-state index contributed by atoms with van der Waals surface area (Å²) in [5.41, 5.74) is 10.1. The van der Waals surface area contributed by atoms with Crippen molar-refractivity contribution in [1.29, 1.82) is 0 Å². The summed E-state index contributed by atoms with van der Waals surface area (Å²) in [6.45, 7) is -1.94. The van der Waals surface area contributed by atoms with Crippen LogP contribution in [0.2, 0.25) is 0 Å². The Morgan fingerprint density at radius 3 is 1.88 bits per heavy atom. The SMILES string of the molecule is NCC(=O)N[C@@H](CCC(N)=O)C(=O)NCC(=O)NCC(=O)NCC(=O)O. The van der Waals surface area contributed by atoms with Gasteiger partial charge in [-0.1, -0.05) is 0 Å². The molecule has 0 fully saturated rings. The maximum absolute atomic E-state index is 12.0. The molecule has 0 bridgehead atoms. The van der Waals surface area contributed by atoms with Crippen LogP contribution in [0.15, 0.2) is 0 Å². The second-order valence-corrected chi connectivity index (χ2v) is 4.99. The lowest BCUT2D eigenvalue weighted by atomic mass is 10.1. The molecule has 5 amide bonds. The molecule has 0 saturated carbocycles. The molecule has 0 spiro atoms. The molecule has 0 aliphatic carbocycles. The number of rotatable bonds is 12. The van der Waals surface area contributed by atoms with Gasteiger partial charge in [0.1, 0.15) is 12.6 Å². The van der Waals surface area contributed by atoms with Crippen molar-refractivity contribution in [3.63, 3.8) is 0 Å². The normalized spacial score (nSPS) is 11.0. The van der Waals surface area contributed by atoms with Crippen molar-refractivity contribution in [1.82, 2.24) is 21.3 Å². The van der Waals surface area contributed by atoms with Crippen molar-refractivity contribution < 1.29 is 33.9 Å². The van der Waals surface area contributed by atoms with E-state index in [1.54, 1.807) is 0 Å². The molecule has 9 N–H and O–H groups in total. The average Bonchev–Trinajstić information content (AvgIpc) is 2.58. The molecule has 0 aliphatic heterocycles. The van der Waals surface area contributed by atoms with Crippen LogP contribution in [0.25, 0.3) is 0 Å². The molecule has 0 saturated heterocycles. The quantitative estimate of drug-likeness (QED) is 0.175. The smallest absolute Gasteiger partial charge is 0.322 e. The summed E-state index contributed by atoms with van der Waals surface area (Å²) in [6.07, 6.45) is -0.245. The van der Waals surface area contributed by atoms with E-state index in [9.17, 15) is 28.8 Å². The van der Waals surface area contributed by atoms with Crippen molar-refractivity contribution in [2.24, 2.45) is 11.5 Å². The number of primary amides is 1. The van der Waals surface area contributed by atoms with Crippen LogP contribution >= 0.6 is 0 Å². The molecule has 0 aliphatic rings. The van der Waals surface area contributed by atoms with E-state index < -0.39 is 61.2 Å². The highest BCUT2D eigenvalue weighted by Gasteiger charge is 2.21. The molecule has 13 heteroatoms. The molecule has 0 radical (unpaired) electrons. The Morgan fingerprint density at radius 1 is 0.846 bits per heavy atom. The first-order valence-corrected chi connectivity index (χ1v) is 7.46. The highest BCUT2D eigenvalue weighted by atomic mass is 16.4. The minimum Gasteiger partial charge on any atom is -0.480 e. The fourth-order valence-corrected chi connectivity index (χ4v) is 1.58. The summed E-state index contributed by atoms with van der Waals surface area (Å²) in [5, 5.41) is 17.1. The number of carbonyl (C=O) groups is 6. The van der Waals surface area contributed by atoms with E-state index in [1.807, 2.05) is 5.32 Å². The average molecular weight is 374 g/mol. The van der Waals surface area contributed by atoms with Crippen molar-refractivity contribution >= 4 is 35.5 Å². The van der Waals surface area contributed by atoms with Gasteiger partial charge in [0.2, 0.25) is 29.5 Å². The molecular formula is C13H22N6O7. The number of nitrogens with two attached hydrogens (primary N) is 2. The Bertz CT molecular complexity index is 565. The first kappa shape index (κ1) is 22.8. The van der Waals surface area contributed by atoms with Gasteiger partial charge in [-0.2, -0.15) is 0 Å². The van der Waals surface area contributed by atoms with Crippen LogP contribution in [0, 0.1) is 0 Å². The first-order valence-electron chi connectivity index (χ1n) is 7.46. The van der Waals surface area contributed by atoms with Crippen LogP contribution in [-0.4, -0.2) is 72.8 Å². The van der Waals surface area contributed by atoms with Gasteiger partial charge in [0.25, 0.3) is 0 Å². The van der Waals surface area contributed by atoms with Crippen molar-refractivity contribution in [2.75, 3.05) is 26.2 Å². The van der Waals surface area contributed by atoms with Crippen LogP contribution in [0.3, 0.4) is 0 Å². The molecule has 0 rings (SSSR count). The summed E-state index contributed by atoms with van der Waals surface area (Å²) >= 11 is 0. The van der Waals surface area contributed by atoms with Gasteiger partial charge in [-0.15, -0.1) is 0 Å². The standard InChI is InChI=1S/C13H22N6O7/c14-3-9(21)19-7(1-2-8(15)20)13(26)18-5-11(23)16-4-10(22)17-6-12(24)25/h7H,1-6,14H2,(H2,15,20)(H,16,23)(H,17,22)(H,18,26)(H,19,21)(H,24,25)/t7-/m0/s1. The Morgan fingerprint density at radius 2 is 1.38 bits per heavy atom. The third-order valence-electron chi connectivity index (χ3n) is 2.82. The Labute approximate surface area is 148 Å². The molecular weight excluding hydrogens is 352 g/mol. The fraction of sp³-hybridized carbons (Fsp3) is 0.538. The van der Waals surface area contributed by atoms with E-state index in [1.165, 1.54) is 0 Å². The van der Waals surface area contributed by atoms with Gasteiger partial charge < -0.3 is 37.8 Å². The Kier molecular flexibility index (Phi) is 10.7. The van der Waals surface area contributed by atoms with E-state index in [2.05, 4.69) is 16.0 Å². The number of hydrogen-bond acceptors (Lipinski definition) is 7. The van der Waals surface area contributed by atoms with Crippen molar-refractivity contribution in [2.45, 2.75) is 18.9 Å². The summed E-state index contributed by atoms with van der Waals surface area (Å²) in [7, 11) is 0. The minimum absolute atomic E-state index is 0.0773. The molecule has 0 heterocycles. The lowest BCUT2D eigenvalue weighted by Gasteiger charge is -2.17. The monoisotopic (exact) mass is 374 g/mol. The second-order valence-electron chi connectivity index (χ2n) is 4.99. The topological polar surface area (TPSA) is 223 Å². The second kappa shape index (κ2) is 12.2. The maximum atomic E-state index is 12.0. The molecule has 146 valence electrons. The predicted octanol–water partition coefficient (Wildman–Crippen LogP) is -4.87. The van der Waals surface area contributed by atoms with Crippen LogP contribution in [0.1, 0.15) is 12.8 Å². The predicted molar refractivity (Wildman–Crippen MR) is 86.1 cm³/mol. The van der Waals surface area contributed by atoms with E-state index >= 15 is 0 Å². The molecule has 13 nitrogen and oxygen atoms in total. The minimum atomic E-state index is -1.24. The number of carboxylic acids is 1. The van der Waals surface area contributed by atoms with Crippen molar-refractivity contribution in [3.05, 3.63) is 0 Å². The molecule has 1 atom stereocenters. The maximum Gasteiger partial charge on any atom is 0.322 e. The Balaban J connectivity index is 4.35. The summed E-state index contributed by atoms with van der Waals surface area (Å²) in [6, 6.07) is -1.11. The van der Waals surface area contributed by atoms with Gasteiger partial charge in [0, 0.05) is 6.42 Å². The lowest BCUT2D eigenvalue weighted by molar-refractivity contribution is -0.137. The highest BCUT2D eigenvalue weighted by molar-refractivity contribution is 5.92. The van der Waals surface area contributed by atoms with Crippen LogP contribution in [0.5, 0.6) is 0 Å².